The number of pyridine rings is 2. The lowest BCUT2D eigenvalue weighted by Gasteiger charge is -2.16. The lowest BCUT2D eigenvalue weighted by atomic mass is 9.98. The first-order valence-corrected chi connectivity index (χ1v) is 10.7. The highest BCUT2D eigenvalue weighted by Gasteiger charge is 2.17. The second kappa shape index (κ2) is 10.1. The molecule has 3 aromatic heterocycles. The van der Waals surface area contributed by atoms with Gasteiger partial charge < -0.3 is 20.8 Å². The van der Waals surface area contributed by atoms with E-state index in [1.54, 1.807) is 18.6 Å². The molecule has 0 aliphatic heterocycles. The van der Waals surface area contributed by atoms with Crippen LogP contribution in [-0.4, -0.2) is 33.9 Å². The monoisotopic (exact) mass is 429 g/mol. The molecule has 0 saturated heterocycles. The van der Waals surface area contributed by atoms with E-state index < -0.39 is 0 Å². The molecular formula is C25H27N5O2. The van der Waals surface area contributed by atoms with E-state index in [4.69, 9.17) is 10.5 Å². The highest BCUT2D eigenvalue weighted by atomic mass is 16.5. The highest BCUT2D eigenvalue weighted by Crippen LogP contribution is 2.31. The van der Waals surface area contributed by atoms with Gasteiger partial charge in [0.2, 0.25) is 5.91 Å². The number of ether oxygens (including phenoxy) is 1. The van der Waals surface area contributed by atoms with E-state index in [2.05, 4.69) is 20.3 Å². The maximum absolute atomic E-state index is 12.7. The number of nitrogens with one attached hydrogen (secondary N) is 2. The fourth-order valence-electron chi connectivity index (χ4n) is 3.72. The van der Waals surface area contributed by atoms with Crippen molar-refractivity contribution in [2.75, 3.05) is 13.1 Å². The van der Waals surface area contributed by atoms with Crippen LogP contribution >= 0.6 is 0 Å². The van der Waals surface area contributed by atoms with E-state index in [0.29, 0.717) is 18.7 Å². The molecule has 0 aliphatic rings. The number of aromatic amines is 1. The van der Waals surface area contributed by atoms with Crippen LogP contribution in [0.4, 0.5) is 0 Å². The Balaban J connectivity index is 1.39. The molecule has 1 amide bonds. The fourth-order valence-corrected chi connectivity index (χ4v) is 3.72. The van der Waals surface area contributed by atoms with E-state index in [9.17, 15) is 4.79 Å². The zero-order valence-electron chi connectivity index (χ0n) is 18.0. The summed E-state index contributed by atoms with van der Waals surface area (Å²) in [5.41, 5.74) is 9.93. The van der Waals surface area contributed by atoms with Gasteiger partial charge in [0.15, 0.2) is 0 Å². The number of benzene rings is 1. The summed E-state index contributed by atoms with van der Waals surface area (Å²) < 4.78 is 6.16. The van der Waals surface area contributed by atoms with Crippen LogP contribution in [0.2, 0.25) is 0 Å². The molecule has 4 rings (SSSR count). The number of aryl methyl sites for hydroxylation is 1. The van der Waals surface area contributed by atoms with Crippen LogP contribution in [0.15, 0.2) is 67.3 Å². The molecular weight excluding hydrogens is 402 g/mol. The summed E-state index contributed by atoms with van der Waals surface area (Å²) in [5, 5.41) is 3.96. The van der Waals surface area contributed by atoms with Gasteiger partial charge in [-0.2, -0.15) is 0 Å². The number of carbonyl (C=O) groups is 1. The Kier molecular flexibility index (Phi) is 6.77. The number of nitrogens with two attached hydrogens (primary N) is 1. The lowest BCUT2D eigenvalue weighted by molar-refractivity contribution is -0.124. The van der Waals surface area contributed by atoms with Gasteiger partial charge in [-0.25, -0.2) is 4.98 Å². The molecule has 0 aliphatic carbocycles. The standard InChI is InChI=1S/C25H27N5O2/c1-17-16-30-24-23(17)22(8-12-28-24)32-21-4-2-3-19(14-21)13-20(15-26)25(31)29-11-7-18-5-9-27-10-6-18/h2-6,8-10,12,14,16,20H,7,11,13,15,26H2,1H3,(H,28,30)(H,29,31). The number of nitrogens with zero attached hydrogens (tertiary/aromatic N) is 2. The minimum Gasteiger partial charge on any atom is -0.457 e. The summed E-state index contributed by atoms with van der Waals surface area (Å²) in [5.74, 6) is 1.12. The Morgan fingerprint density at radius 2 is 2.00 bits per heavy atom. The van der Waals surface area contributed by atoms with Crippen molar-refractivity contribution >= 4 is 16.9 Å². The predicted octanol–water partition coefficient (Wildman–Crippen LogP) is 3.53. The van der Waals surface area contributed by atoms with Gasteiger partial charge in [0.1, 0.15) is 17.1 Å². The van der Waals surface area contributed by atoms with Gasteiger partial charge in [-0.15, -0.1) is 0 Å². The van der Waals surface area contributed by atoms with E-state index >= 15 is 0 Å². The third-order valence-electron chi connectivity index (χ3n) is 5.46. The average Bonchev–Trinajstić information content (AvgIpc) is 3.20. The summed E-state index contributed by atoms with van der Waals surface area (Å²) in [7, 11) is 0. The second-order valence-corrected chi connectivity index (χ2v) is 7.79. The number of hydrogen-bond donors (Lipinski definition) is 3. The molecule has 4 N–H and O–H groups in total. The number of carbonyl (C=O) groups excluding carboxylic acids is 1. The molecule has 0 saturated carbocycles. The van der Waals surface area contributed by atoms with Gasteiger partial charge in [-0.3, -0.25) is 9.78 Å². The molecule has 0 fully saturated rings. The highest BCUT2D eigenvalue weighted by molar-refractivity contribution is 5.86. The van der Waals surface area contributed by atoms with Crippen LogP contribution in [0.3, 0.4) is 0 Å². The van der Waals surface area contributed by atoms with Crippen molar-refractivity contribution in [2.24, 2.45) is 11.7 Å². The quantitative estimate of drug-likeness (QED) is 0.377. The Morgan fingerprint density at radius 3 is 2.81 bits per heavy atom. The molecule has 4 aromatic rings. The summed E-state index contributed by atoms with van der Waals surface area (Å²) in [6.07, 6.45) is 8.45. The zero-order valence-corrected chi connectivity index (χ0v) is 18.0. The van der Waals surface area contributed by atoms with Crippen molar-refractivity contribution in [3.8, 4) is 11.5 Å². The molecule has 32 heavy (non-hydrogen) atoms. The Bertz CT molecular complexity index is 1190. The van der Waals surface area contributed by atoms with Crippen molar-refractivity contribution < 1.29 is 9.53 Å². The Morgan fingerprint density at radius 1 is 1.16 bits per heavy atom. The number of rotatable bonds is 9. The minimum atomic E-state index is -0.303. The van der Waals surface area contributed by atoms with Crippen molar-refractivity contribution in [2.45, 2.75) is 19.8 Å². The Labute approximate surface area is 187 Å². The van der Waals surface area contributed by atoms with Crippen molar-refractivity contribution in [1.82, 2.24) is 20.3 Å². The van der Waals surface area contributed by atoms with Gasteiger partial charge in [-0.1, -0.05) is 12.1 Å². The molecule has 1 aromatic carbocycles. The second-order valence-electron chi connectivity index (χ2n) is 7.79. The van der Waals surface area contributed by atoms with Crippen LogP contribution in [-0.2, 0) is 17.6 Å². The zero-order chi connectivity index (χ0) is 22.3. The molecule has 7 nitrogen and oxygen atoms in total. The first kappa shape index (κ1) is 21.5. The predicted molar refractivity (Wildman–Crippen MR) is 125 cm³/mol. The minimum absolute atomic E-state index is 0.0355. The van der Waals surface area contributed by atoms with Gasteiger partial charge >= 0.3 is 0 Å². The summed E-state index contributed by atoms with van der Waals surface area (Å²) in [6, 6.07) is 13.5. The average molecular weight is 430 g/mol. The van der Waals surface area contributed by atoms with E-state index in [-0.39, 0.29) is 18.4 Å². The summed E-state index contributed by atoms with van der Waals surface area (Å²) in [4.78, 5) is 24.1. The van der Waals surface area contributed by atoms with Gasteiger partial charge in [-0.05, 0) is 66.8 Å². The van der Waals surface area contributed by atoms with Crippen LogP contribution in [0.5, 0.6) is 11.5 Å². The summed E-state index contributed by atoms with van der Waals surface area (Å²) in [6.45, 7) is 2.86. The molecule has 3 heterocycles. The largest absolute Gasteiger partial charge is 0.457 e. The van der Waals surface area contributed by atoms with E-state index in [1.165, 1.54) is 0 Å². The Hall–Kier alpha value is -3.71. The number of amides is 1. The first-order valence-electron chi connectivity index (χ1n) is 10.7. The van der Waals surface area contributed by atoms with Crippen LogP contribution < -0.4 is 15.8 Å². The molecule has 7 heteroatoms. The van der Waals surface area contributed by atoms with E-state index in [0.717, 1.165) is 39.9 Å². The molecule has 0 radical (unpaired) electrons. The van der Waals surface area contributed by atoms with Gasteiger partial charge in [0, 0.05) is 37.9 Å². The van der Waals surface area contributed by atoms with Crippen LogP contribution in [0, 0.1) is 12.8 Å². The molecule has 1 unspecified atom stereocenters. The van der Waals surface area contributed by atoms with Crippen LogP contribution in [0.1, 0.15) is 16.7 Å². The summed E-state index contributed by atoms with van der Waals surface area (Å²) >= 11 is 0. The van der Waals surface area contributed by atoms with Crippen molar-refractivity contribution in [1.29, 1.82) is 0 Å². The van der Waals surface area contributed by atoms with Gasteiger partial charge in [0.25, 0.3) is 0 Å². The maximum Gasteiger partial charge on any atom is 0.224 e. The topological polar surface area (TPSA) is 106 Å². The number of fused-ring (bicyclic) bond motifs is 1. The first-order chi connectivity index (χ1) is 15.6. The fraction of sp³-hybridized carbons (Fsp3) is 0.240. The molecule has 0 bridgehead atoms. The third kappa shape index (κ3) is 5.12. The number of aromatic nitrogens is 3. The normalized spacial score (nSPS) is 11.9. The smallest absolute Gasteiger partial charge is 0.224 e. The third-order valence-corrected chi connectivity index (χ3v) is 5.46. The van der Waals surface area contributed by atoms with E-state index in [1.807, 2.05) is 55.6 Å². The maximum atomic E-state index is 12.7. The van der Waals surface area contributed by atoms with Crippen molar-refractivity contribution in [3.05, 3.63) is 83.9 Å². The SMILES string of the molecule is Cc1c[nH]c2nccc(Oc3cccc(CC(CN)C(=O)NCCc4ccncc4)c3)c12. The number of hydrogen-bond acceptors (Lipinski definition) is 5. The van der Waals surface area contributed by atoms with Gasteiger partial charge in [0.05, 0.1) is 11.3 Å². The molecule has 0 spiro atoms. The van der Waals surface area contributed by atoms with Crippen molar-refractivity contribution in [3.63, 3.8) is 0 Å². The van der Waals surface area contributed by atoms with Crippen LogP contribution in [0.25, 0.3) is 11.0 Å². The number of H-pyrrole nitrogens is 1. The molecule has 164 valence electrons. The molecule has 1 atom stereocenters. The lowest BCUT2D eigenvalue weighted by Crippen LogP contribution is -2.37.